The van der Waals surface area contributed by atoms with Gasteiger partial charge < -0.3 is 24.5 Å². The Bertz CT molecular complexity index is 1350. The van der Waals surface area contributed by atoms with E-state index in [1.54, 1.807) is 66.7 Å². The molecule has 2 amide bonds. The number of ether oxygens (including phenoxy) is 2. The Morgan fingerprint density at radius 3 is 2.28 bits per heavy atom. The van der Waals surface area contributed by atoms with Gasteiger partial charge in [0.25, 0.3) is 11.8 Å². The minimum absolute atomic E-state index is 0.167. The van der Waals surface area contributed by atoms with Gasteiger partial charge in [-0.25, -0.2) is 4.79 Å². The van der Waals surface area contributed by atoms with Crippen LogP contribution in [0.5, 0.6) is 5.75 Å². The Kier molecular flexibility index (Phi) is 7.45. The van der Waals surface area contributed by atoms with Crippen molar-refractivity contribution in [3.63, 3.8) is 0 Å². The first-order valence-corrected chi connectivity index (χ1v) is 11.1. The minimum Gasteiger partial charge on any atom is -0.495 e. The summed E-state index contributed by atoms with van der Waals surface area (Å²) < 4.78 is 16.1. The van der Waals surface area contributed by atoms with Gasteiger partial charge in [-0.2, -0.15) is 0 Å². The van der Waals surface area contributed by atoms with E-state index in [1.807, 2.05) is 13.0 Å². The summed E-state index contributed by atoms with van der Waals surface area (Å²) in [5, 5.41) is 5.48. The standard InChI is InChI=1S/C28H24N2O6/c1-18-10-15-23(34-2)22(17-18)30-27(32)25(19-7-4-3-5-8-19)36-28(33)20-11-13-21(14-12-20)29-26(31)24-9-6-16-35-24/h3-17,25H,1-2H3,(H,29,31)(H,30,32). The van der Waals surface area contributed by atoms with Crippen LogP contribution in [0.3, 0.4) is 0 Å². The van der Waals surface area contributed by atoms with Crippen LogP contribution < -0.4 is 15.4 Å². The molecule has 8 nitrogen and oxygen atoms in total. The molecule has 1 heterocycles. The predicted molar refractivity (Wildman–Crippen MR) is 134 cm³/mol. The number of carbonyl (C=O) groups excluding carboxylic acids is 3. The highest BCUT2D eigenvalue weighted by molar-refractivity contribution is 6.03. The number of aryl methyl sites for hydroxylation is 1. The Balaban J connectivity index is 1.50. The van der Waals surface area contributed by atoms with E-state index in [1.165, 1.54) is 25.5 Å². The van der Waals surface area contributed by atoms with Crippen molar-refractivity contribution >= 4 is 29.2 Å². The van der Waals surface area contributed by atoms with E-state index < -0.39 is 23.9 Å². The summed E-state index contributed by atoms with van der Waals surface area (Å²) in [6.07, 6.45) is 0.199. The Morgan fingerprint density at radius 2 is 1.61 bits per heavy atom. The van der Waals surface area contributed by atoms with Gasteiger partial charge in [0, 0.05) is 11.3 Å². The number of anilines is 2. The summed E-state index contributed by atoms with van der Waals surface area (Å²) in [5.41, 5.74) is 2.59. The van der Waals surface area contributed by atoms with Gasteiger partial charge in [0.1, 0.15) is 5.75 Å². The molecule has 0 radical (unpaired) electrons. The number of hydrogen-bond donors (Lipinski definition) is 2. The lowest BCUT2D eigenvalue weighted by molar-refractivity contribution is -0.125. The fourth-order valence-electron chi connectivity index (χ4n) is 3.48. The van der Waals surface area contributed by atoms with E-state index in [9.17, 15) is 14.4 Å². The maximum Gasteiger partial charge on any atom is 0.339 e. The highest BCUT2D eigenvalue weighted by atomic mass is 16.5. The summed E-state index contributed by atoms with van der Waals surface area (Å²) in [4.78, 5) is 38.3. The number of methoxy groups -OCH3 is 1. The van der Waals surface area contributed by atoms with Crippen molar-refractivity contribution in [2.45, 2.75) is 13.0 Å². The molecule has 0 bridgehead atoms. The Morgan fingerprint density at radius 1 is 0.861 bits per heavy atom. The van der Waals surface area contributed by atoms with Crippen molar-refractivity contribution in [2.75, 3.05) is 17.7 Å². The highest BCUT2D eigenvalue weighted by Crippen LogP contribution is 2.28. The van der Waals surface area contributed by atoms with E-state index in [0.29, 0.717) is 22.7 Å². The number of furan rings is 1. The number of esters is 1. The zero-order valence-corrected chi connectivity index (χ0v) is 19.7. The van der Waals surface area contributed by atoms with Gasteiger partial charge in [0.2, 0.25) is 6.10 Å². The molecule has 0 spiro atoms. The number of amides is 2. The van der Waals surface area contributed by atoms with Crippen LogP contribution in [0.2, 0.25) is 0 Å². The molecule has 0 saturated heterocycles. The Labute approximate surface area is 207 Å². The van der Waals surface area contributed by atoms with E-state index in [4.69, 9.17) is 13.9 Å². The molecule has 4 aromatic rings. The number of hydrogen-bond acceptors (Lipinski definition) is 6. The summed E-state index contributed by atoms with van der Waals surface area (Å²) in [6.45, 7) is 1.89. The zero-order chi connectivity index (χ0) is 25.5. The van der Waals surface area contributed by atoms with Gasteiger partial charge in [0.05, 0.1) is 24.6 Å². The number of carbonyl (C=O) groups is 3. The molecule has 1 atom stereocenters. The molecule has 0 aliphatic heterocycles. The summed E-state index contributed by atoms with van der Waals surface area (Å²) >= 11 is 0. The van der Waals surface area contributed by atoms with Crippen molar-refractivity contribution in [2.24, 2.45) is 0 Å². The third kappa shape index (κ3) is 5.79. The van der Waals surface area contributed by atoms with Crippen LogP contribution in [-0.4, -0.2) is 24.9 Å². The molecule has 0 fully saturated rings. The van der Waals surface area contributed by atoms with Crippen LogP contribution in [0.4, 0.5) is 11.4 Å². The molecule has 182 valence electrons. The van der Waals surface area contributed by atoms with Gasteiger partial charge in [-0.3, -0.25) is 9.59 Å². The first kappa shape index (κ1) is 24.3. The molecule has 0 saturated carbocycles. The number of nitrogens with one attached hydrogen (secondary N) is 2. The monoisotopic (exact) mass is 484 g/mol. The molecule has 0 aliphatic rings. The van der Waals surface area contributed by atoms with Crippen molar-refractivity contribution < 1.29 is 28.3 Å². The number of benzene rings is 3. The molecular weight excluding hydrogens is 460 g/mol. The molecular formula is C28H24N2O6. The van der Waals surface area contributed by atoms with Gasteiger partial charge in [-0.05, 0) is 61.0 Å². The fourth-order valence-corrected chi connectivity index (χ4v) is 3.48. The topological polar surface area (TPSA) is 107 Å². The highest BCUT2D eigenvalue weighted by Gasteiger charge is 2.26. The normalized spacial score (nSPS) is 11.3. The zero-order valence-electron chi connectivity index (χ0n) is 19.7. The predicted octanol–water partition coefficient (Wildman–Crippen LogP) is 5.39. The van der Waals surface area contributed by atoms with Crippen molar-refractivity contribution in [1.82, 2.24) is 0 Å². The largest absolute Gasteiger partial charge is 0.495 e. The second-order valence-electron chi connectivity index (χ2n) is 7.90. The molecule has 2 N–H and O–H groups in total. The van der Waals surface area contributed by atoms with E-state index in [0.717, 1.165) is 5.56 Å². The molecule has 4 rings (SSSR count). The fraction of sp³-hybridized carbons (Fsp3) is 0.107. The van der Waals surface area contributed by atoms with Crippen molar-refractivity contribution in [1.29, 1.82) is 0 Å². The lowest BCUT2D eigenvalue weighted by Crippen LogP contribution is -2.26. The lowest BCUT2D eigenvalue weighted by atomic mass is 10.1. The first-order valence-electron chi connectivity index (χ1n) is 11.1. The van der Waals surface area contributed by atoms with Crippen LogP contribution in [0.25, 0.3) is 0 Å². The molecule has 0 aliphatic carbocycles. The number of rotatable bonds is 8. The molecule has 8 heteroatoms. The molecule has 36 heavy (non-hydrogen) atoms. The van der Waals surface area contributed by atoms with Gasteiger partial charge >= 0.3 is 5.97 Å². The van der Waals surface area contributed by atoms with Crippen LogP contribution in [-0.2, 0) is 9.53 Å². The summed E-state index contributed by atoms with van der Waals surface area (Å²) in [5.74, 6) is -0.984. The average molecular weight is 485 g/mol. The molecule has 1 aromatic heterocycles. The molecule has 3 aromatic carbocycles. The first-order chi connectivity index (χ1) is 17.4. The third-order valence-electron chi connectivity index (χ3n) is 5.30. The van der Waals surface area contributed by atoms with E-state index in [-0.39, 0.29) is 11.3 Å². The van der Waals surface area contributed by atoms with Crippen molar-refractivity contribution in [3.8, 4) is 5.75 Å². The summed E-state index contributed by atoms with van der Waals surface area (Å²) in [7, 11) is 1.51. The van der Waals surface area contributed by atoms with E-state index in [2.05, 4.69) is 10.6 Å². The SMILES string of the molecule is COc1ccc(C)cc1NC(=O)C(OC(=O)c1ccc(NC(=O)c2ccco2)cc1)c1ccccc1. The van der Waals surface area contributed by atoms with Gasteiger partial charge in [-0.15, -0.1) is 0 Å². The third-order valence-corrected chi connectivity index (χ3v) is 5.30. The van der Waals surface area contributed by atoms with Crippen LogP contribution >= 0.6 is 0 Å². The van der Waals surface area contributed by atoms with Crippen LogP contribution in [0.1, 0.15) is 38.1 Å². The maximum absolute atomic E-state index is 13.2. The maximum atomic E-state index is 13.2. The quantitative estimate of drug-likeness (QED) is 0.325. The summed E-state index contributed by atoms with van der Waals surface area (Å²) in [6, 6.07) is 23.4. The van der Waals surface area contributed by atoms with Gasteiger partial charge in [0.15, 0.2) is 5.76 Å². The smallest absolute Gasteiger partial charge is 0.339 e. The van der Waals surface area contributed by atoms with E-state index >= 15 is 0 Å². The minimum atomic E-state index is -1.21. The second kappa shape index (κ2) is 11.1. The van der Waals surface area contributed by atoms with Gasteiger partial charge in [-0.1, -0.05) is 36.4 Å². The lowest BCUT2D eigenvalue weighted by Gasteiger charge is -2.19. The average Bonchev–Trinajstić information content (AvgIpc) is 3.43. The van der Waals surface area contributed by atoms with Crippen LogP contribution in [0.15, 0.2) is 95.6 Å². The van der Waals surface area contributed by atoms with Crippen molar-refractivity contribution in [3.05, 3.63) is 114 Å². The second-order valence-corrected chi connectivity index (χ2v) is 7.90. The van der Waals surface area contributed by atoms with Crippen LogP contribution in [0, 0.1) is 6.92 Å². The molecule has 1 unspecified atom stereocenters. The Hall–Kier alpha value is -4.85.